The van der Waals surface area contributed by atoms with E-state index in [-0.39, 0.29) is 5.56 Å². The molecule has 1 heterocycles. The lowest BCUT2D eigenvalue weighted by molar-refractivity contribution is -0.123. The Morgan fingerprint density at radius 3 is 2.81 bits per heavy atom. The van der Waals surface area contributed by atoms with Gasteiger partial charge >= 0.3 is 12.0 Å². The number of aryl methyl sites for hydroxylation is 2. The maximum absolute atomic E-state index is 12.0. The van der Waals surface area contributed by atoms with E-state index in [2.05, 4.69) is 21.9 Å². The van der Waals surface area contributed by atoms with Gasteiger partial charge in [-0.2, -0.15) is 0 Å². The van der Waals surface area contributed by atoms with Crippen LogP contribution in [0.25, 0.3) is 0 Å². The quantitative estimate of drug-likeness (QED) is 0.568. The molecule has 2 N–H and O–H groups in total. The molecule has 1 aromatic rings. The van der Waals surface area contributed by atoms with Gasteiger partial charge in [-0.3, -0.25) is 10.1 Å². The van der Waals surface area contributed by atoms with E-state index >= 15 is 0 Å². The number of nitrogens with zero attached hydrogens (tertiary/aromatic N) is 1. The number of imide groups is 1. The third-order valence-corrected chi connectivity index (χ3v) is 4.18. The van der Waals surface area contributed by atoms with Crippen molar-refractivity contribution >= 4 is 17.9 Å². The Hall–Kier alpha value is -2.64. The fourth-order valence-electron chi connectivity index (χ4n) is 2.80. The molecule has 0 aliphatic heterocycles. The summed E-state index contributed by atoms with van der Waals surface area (Å²) in [7, 11) is 0. The Kier molecular flexibility index (Phi) is 7.37. The Morgan fingerprint density at radius 2 is 2.12 bits per heavy atom. The summed E-state index contributed by atoms with van der Waals surface area (Å²) in [5, 5.41) is 8.52. The molecule has 1 aliphatic carbocycles. The average Bonchev–Trinajstić information content (AvgIpc) is 3.01. The lowest BCUT2D eigenvalue weighted by Gasteiger charge is -2.13. The van der Waals surface area contributed by atoms with Crippen molar-refractivity contribution in [2.75, 3.05) is 13.2 Å². The van der Waals surface area contributed by atoms with Gasteiger partial charge in [0, 0.05) is 6.54 Å². The summed E-state index contributed by atoms with van der Waals surface area (Å²) in [4.78, 5) is 35.5. The smallest absolute Gasteiger partial charge is 0.344 e. The first-order valence-corrected chi connectivity index (χ1v) is 8.89. The van der Waals surface area contributed by atoms with Gasteiger partial charge in [0.1, 0.15) is 11.3 Å². The van der Waals surface area contributed by atoms with Crippen LogP contribution in [-0.2, 0) is 16.0 Å². The summed E-state index contributed by atoms with van der Waals surface area (Å²) in [5.41, 5.74) is 2.04. The van der Waals surface area contributed by atoms with Crippen molar-refractivity contribution in [2.24, 2.45) is 0 Å². The fourth-order valence-corrected chi connectivity index (χ4v) is 2.80. The van der Waals surface area contributed by atoms with E-state index in [1.165, 1.54) is 18.4 Å². The van der Waals surface area contributed by atoms with Gasteiger partial charge in [0.25, 0.3) is 5.91 Å². The predicted octanol–water partition coefficient (Wildman–Crippen LogP) is 2.42. The van der Waals surface area contributed by atoms with E-state index in [0.717, 1.165) is 19.3 Å². The van der Waals surface area contributed by atoms with Crippen LogP contribution in [0.3, 0.4) is 0 Å². The van der Waals surface area contributed by atoms with Gasteiger partial charge in [-0.05, 0) is 45.4 Å². The van der Waals surface area contributed by atoms with Crippen LogP contribution in [0.1, 0.15) is 60.8 Å². The van der Waals surface area contributed by atoms with E-state index in [1.54, 1.807) is 6.92 Å². The van der Waals surface area contributed by atoms with Crippen molar-refractivity contribution in [3.05, 3.63) is 28.7 Å². The van der Waals surface area contributed by atoms with Crippen LogP contribution in [0.5, 0.6) is 0 Å². The zero-order valence-electron chi connectivity index (χ0n) is 15.2. The Labute approximate surface area is 152 Å². The highest BCUT2D eigenvalue weighted by Gasteiger charge is 2.21. The minimum Gasteiger partial charge on any atom is -0.452 e. The molecule has 0 spiro atoms. The molecule has 0 bridgehead atoms. The fraction of sp³-hybridized carbons (Fsp3) is 0.556. The van der Waals surface area contributed by atoms with Crippen LogP contribution in [0, 0.1) is 6.92 Å². The van der Waals surface area contributed by atoms with Gasteiger partial charge in [0.2, 0.25) is 0 Å². The van der Waals surface area contributed by atoms with Gasteiger partial charge in [0.15, 0.2) is 6.61 Å². The van der Waals surface area contributed by atoms with Gasteiger partial charge < -0.3 is 14.6 Å². The number of carbonyl (C=O) groups excluding carboxylic acids is 3. The van der Waals surface area contributed by atoms with Crippen molar-refractivity contribution in [3.8, 4) is 0 Å². The molecule has 0 atom stereocenters. The summed E-state index contributed by atoms with van der Waals surface area (Å²) in [6.45, 7) is 3.34. The number of urea groups is 1. The number of ether oxygens (including phenoxy) is 1. The Balaban J connectivity index is 1.69. The summed E-state index contributed by atoms with van der Waals surface area (Å²) >= 11 is 0. The van der Waals surface area contributed by atoms with Crippen LogP contribution in [0.2, 0.25) is 0 Å². The van der Waals surface area contributed by atoms with Crippen LogP contribution >= 0.6 is 0 Å². The number of esters is 1. The molecule has 0 saturated carbocycles. The van der Waals surface area contributed by atoms with Gasteiger partial charge in [-0.25, -0.2) is 9.59 Å². The molecular weight excluding hydrogens is 338 g/mol. The van der Waals surface area contributed by atoms with E-state index in [0.29, 0.717) is 24.4 Å². The van der Waals surface area contributed by atoms with Gasteiger partial charge in [-0.1, -0.05) is 23.7 Å². The number of carbonyl (C=O) groups is 3. The third kappa shape index (κ3) is 5.72. The standard InChI is InChI=1S/C18H25N3O5/c1-3-14-16(12(2)26-21-14)17(23)25-11-15(22)20-18(24)19-10-9-13-7-5-4-6-8-13/h7H,3-6,8-11H2,1-2H3,(H2,19,20,22,24). The molecule has 1 aromatic heterocycles. The molecule has 0 aromatic carbocycles. The molecule has 8 nitrogen and oxygen atoms in total. The highest BCUT2D eigenvalue weighted by atomic mass is 16.5. The second kappa shape index (κ2) is 9.74. The van der Waals surface area contributed by atoms with Gasteiger partial charge in [-0.15, -0.1) is 0 Å². The molecule has 26 heavy (non-hydrogen) atoms. The number of allylic oxidation sites excluding steroid dienone is 1. The largest absolute Gasteiger partial charge is 0.452 e. The number of amides is 3. The summed E-state index contributed by atoms with van der Waals surface area (Å²) < 4.78 is 9.89. The predicted molar refractivity (Wildman–Crippen MR) is 93.6 cm³/mol. The number of hydrogen-bond acceptors (Lipinski definition) is 6. The van der Waals surface area contributed by atoms with Crippen molar-refractivity contribution in [1.82, 2.24) is 15.8 Å². The van der Waals surface area contributed by atoms with E-state index < -0.39 is 24.5 Å². The van der Waals surface area contributed by atoms with Crippen LogP contribution in [-0.4, -0.2) is 36.2 Å². The maximum Gasteiger partial charge on any atom is 0.344 e. The van der Waals surface area contributed by atoms with E-state index in [9.17, 15) is 14.4 Å². The first-order valence-electron chi connectivity index (χ1n) is 8.89. The summed E-state index contributed by atoms with van der Waals surface area (Å²) in [5.74, 6) is -1.05. The van der Waals surface area contributed by atoms with Crippen LogP contribution in [0.15, 0.2) is 16.2 Å². The first kappa shape index (κ1) is 19.7. The van der Waals surface area contributed by atoms with E-state index in [1.807, 2.05) is 6.92 Å². The zero-order chi connectivity index (χ0) is 18.9. The topological polar surface area (TPSA) is 111 Å². The van der Waals surface area contributed by atoms with Crippen molar-refractivity contribution in [1.29, 1.82) is 0 Å². The van der Waals surface area contributed by atoms with Crippen molar-refractivity contribution < 1.29 is 23.6 Å². The molecule has 0 fully saturated rings. The molecule has 1 aliphatic rings. The summed E-state index contributed by atoms with van der Waals surface area (Å²) in [6, 6.07) is -0.599. The second-order valence-corrected chi connectivity index (χ2v) is 6.15. The minimum absolute atomic E-state index is 0.227. The first-order chi connectivity index (χ1) is 12.5. The molecule has 8 heteroatoms. The monoisotopic (exact) mass is 363 g/mol. The molecule has 0 unspecified atom stereocenters. The molecule has 142 valence electrons. The molecule has 2 rings (SSSR count). The number of rotatable bonds is 7. The summed E-state index contributed by atoms with van der Waals surface area (Å²) in [6.07, 6.45) is 8.07. The number of hydrogen-bond donors (Lipinski definition) is 2. The normalized spacial score (nSPS) is 13.7. The van der Waals surface area contributed by atoms with Crippen molar-refractivity contribution in [2.45, 2.75) is 52.4 Å². The highest BCUT2D eigenvalue weighted by molar-refractivity contribution is 5.97. The van der Waals surface area contributed by atoms with E-state index in [4.69, 9.17) is 9.26 Å². The number of nitrogens with one attached hydrogen (secondary N) is 2. The third-order valence-electron chi connectivity index (χ3n) is 4.18. The zero-order valence-corrected chi connectivity index (χ0v) is 15.2. The molecule has 0 radical (unpaired) electrons. The number of aromatic nitrogens is 1. The van der Waals surface area contributed by atoms with Crippen LogP contribution in [0.4, 0.5) is 4.79 Å². The van der Waals surface area contributed by atoms with Gasteiger partial charge in [0.05, 0.1) is 5.69 Å². The maximum atomic E-state index is 12.0. The Morgan fingerprint density at radius 1 is 1.31 bits per heavy atom. The lowest BCUT2D eigenvalue weighted by Crippen LogP contribution is -2.41. The van der Waals surface area contributed by atoms with Crippen LogP contribution < -0.4 is 10.6 Å². The SMILES string of the molecule is CCc1noc(C)c1C(=O)OCC(=O)NC(=O)NCCC1=CCCCC1. The molecule has 3 amide bonds. The molecular formula is C18H25N3O5. The minimum atomic E-state index is -0.695. The highest BCUT2D eigenvalue weighted by Crippen LogP contribution is 2.19. The van der Waals surface area contributed by atoms with Crippen molar-refractivity contribution in [3.63, 3.8) is 0 Å². The average molecular weight is 363 g/mol. The molecule has 0 saturated heterocycles. The lowest BCUT2D eigenvalue weighted by atomic mass is 9.97. The second-order valence-electron chi connectivity index (χ2n) is 6.15. The Bertz CT molecular complexity index is 693.